The predicted octanol–water partition coefficient (Wildman–Crippen LogP) is 13.9. The number of allylic oxidation sites excluding steroid dienone is 6. The maximum Gasteiger partial charge on any atom is 0.00983 e. The van der Waals surface area contributed by atoms with Crippen molar-refractivity contribution in [2.75, 3.05) is 0 Å². The van der Waals surface area contributed by atoms with E-state index in [1.807, 2.05) is 0 Å². The minimum absolute atomic E-state index is 0.418. The van der Waals surface area contributed by atoms with Crippen molar-refractivity contribution in [3.63, 3.8) is 0 Å². The van der Waals surface area contributed by atoms with Crippen LogP contribution in [0.5, 0.6) is 0 Å². The van der Waals surface area contributed by atoms with Gasteiger partial charge in [0, 0.05) is 6.04 Å². The van der Waals surface area contributed by atoms with E-state index in [-0.39, 0.29) is 0 Å². The van der Waals surface area contributed by atoms with Crippen molar-refractivity contribution in [1.82, 2.24) is 0 Å². The van der Waals surface area contributed by atoms with Crippen LogP contribution in [-0.4, -0.2) is 6.04 Å². The molecule has 0 aromatic heterocycles. The van der Waals surface area contributed by atoms with Crippen LogP contribution in [0.1, 0.15) is 154 Å². The van der Waals surface area contributed by atoms with Gasteiger partial charge in [-0.05, 0) is 149 Å². The van der Waals surface area contributed by atoms with Gasteiger partial charge in [-0.3, -0.25) is 0 Å². The molecule has 0 aliphatic heterocycles. The quantitative estimate of drug-likeness (QED) is 0.146. The first-order valence-electron chi connectivity index (χ1n) is 21.0. The Kier molecular flexibility index (Phi) is 16.5. The van der Waals surface area contributed by atoms with Gasteiger partial charge < -0.3 is 5.73 Å². The summed E-state index contributed by atoms with van der Waals surface area (Å²) in [5, 5.41) is 0. The molecule has 49 heavy (non-hydrogen) atoms. The van der Waals surface area contributed by atoms with Gasteiger partial charge in [-0.25, -0.2) is 0 Å². The summed E-state index contributed by atoms with van der Waals surface area (Å²) in [5.41, 5.74) is 16.4. The highest BCUT2D eigenvalue weighted by atomic mass is 14.7. The van der Waals surface area contributed by atoms with Gasteiger partial charge in [0.1, 0.15) is 0 Å². The molecule has 0 saturated heterocycles. The molecule has 278 valence electrons. The third-order valence-corrected chi connectivity index (χ3v) is 15.4. The SMILES string of the molecule is CCCC(Cc1ccccc1)C(C)C(=CCC(C)C(CC1C(C)C(C)C1CCC1C(C)C(C)C1N)=C(C)CC)C(C)C(C)=C(C)C(C)CC. The molecule has 13 atom stereocenters. The minimum Gasteiger partial charge on any atom is -0.327 e. The smallest absolute Gasteiger partial charge is 0.00983 e. The second kappa shape index (κ2) is 19.3. The van der Waals surface area contributed by atoms with Crippen molar-refractivity contribution < 1.29 is 0 Å². The van der Waals surface area contributed by atoms with Gasteiger partial charge in [-0.2, -0.15) is 0 Å². The first kappa shape index (κ1) is 41.8. The third kappa shape index (κ3) is 10.1. The highest BCUT2D eigenvalue weighted by Gasteiger charge is 2.47. The van der Waals surface area contributed by atoms with Crippen LogP contribution in [0.15, 0.2) is 64.3 Å². The van der Waals surface area contributed by atoms with E-state index in [1.54, 1.807) is 27.9 Å². The summed E-state index contributed by atoms with van der Waals surface area (Å²) in [6, 6.07) is 11.7. The van der Waals surface area contributed by atoms with Crippen molar-refractivity contribution in [2.45, 2.75) is 161 Å². The summed E-state index contributed by atoms with van der Waals surface area (Å²) in [5.74, 6) is 8.47. The van der Waals surface area contributed by atoms with E-state index in [2.05, 4.69) is 133 Å². The molecule has 0 bridgehead atoms. The van der Waals surface area contributed by atoms with Crippen molar-refractivity contribution in [2.24, 2.45) is 76.7 Å². The highest BCUT2D eigenvalue weighted by molar-refractivity contribution is 5.28. The third-order valence-electron chi connectivity index (χ3n) is 15.4. The largest absolute Gasteiger partial charge is 0.327 e. The van der Waals surface area contributed by atoms with Crippen LogP contribution in [0.3, 0.4) is 0 Å². The Morgan fingerprint density at radius 2 is 1.35 bits per heavy atom. The standard InChI is InChI=1S/C48H81N/c1-15-21-42(28-41-22-19-18-20-23-41)40(14)43(35(9)34(8)33(7)30(4)16-2)25-24-32(6)46(31(5)17-3)29-47-37(11)36(10)44(47)26-27-45-38(12)39(13)48(45)49/h18-20,22-23,25,30,32,35-40,42,44-45,47-48H,15-17,21,24,26-29,49H2,1-14H3. The molecule has 2 fully saturated rings. The van der Waals surface area contributed by atoms with Crippen molar-refractivity contribution in [1.29, 1.82) is 0 Å². The molecule has 2 aliphatic rings. The van der Waals surface area contributed by atoms with Gasteiger partial charge in [0.15, 0.2) is 0 Å². The average Bonchev–Trinajstić information content (AvgIpc) is 3.12. The fourth-order valence-corrected chi connectivity index (χ4v) is 10.3. The van der Waals surface area contributed by atoms with E-state index in [0.29, 0.717) is 41.5 Å². The van der Waals surface area contributed by atoms with E-state index in [4.69, 9.17) is 5.73 Å². The molecule has 0 radical (unpaired) electrons. The minimum atomic E-state index is 0.418. The van der Waals surface area contributed by atoms with E-state index in [0.717, 1.165) is 41.9 Å². The number of hydrogen-bond acceptors (Lipinski definition) is 1. The maximum atomic E-state index is 6.59. The van der Waals surface area contributed by atoms with Gasteiger partial charge >= 0.3 is 0 Å². The van der Waals surface area contributed by atoms with Crippen LogP contribution in [0.4, 0.5) is 0 Å². The lowest BCUT2D eigenvalue weighted by Gasteiger charge is -2.53. The second-order valence-corrected chi connectivity index (χ2v) is 17.7. The average molecular weight is 672 g/mol. The number of hydrogen-bond donors (Lipinski definition) is 1. The summed E-state index contributed by atoms with van der Waals surface area (Å²) < 4.78 is 0. The lowest BCUT2D eigenvalue weighted by molar-refractivity contribution is -0.0237. The fourth-order valence-electron chi connectivity index (χ4n) is 10.3. The van der Waals surface area contributed by atoms with Crippen LogP contribution in [0.2, 0.25) is 0 Å². The van der Waals surface area contributed by atoms with Gasteiger partial charge in [0.2, 0.25) is 0 Å². The summed E-state index contributed by atoms with van der Waals surface area (Å²) in [6.07, 6.45) is 14.0. The zero-order valence-electron chi connectivity index (χ0n) is 34.9. The predicted molar refractivity (Wildman–Crippen MR) is 219 cm³/mol. The van der Waals surface area contributed by atoms with Crippen LogP contribution >= 0.6 is 0 Å². The molecule has 1 heteroatoms. The Hall–Kier alpha value is -1.60. The summed E-state index contributed by atoms with van der Waals surface area (Å²) in [6.45, 7) is 34.3. The first-order valence-corrected chi connectivity index (χ1v) is 21.0. The summed E-state index contributed by atoms with van der Waals surface area (Å²) in [7, 11) is 0. The fraction of sp³-hybridized carbons (Fsp3) is 0.750. The first-order chi connectivity index (χ1) is 23.2. The Bertz CT molecular complexity index is 1220. The number of nitrogens with two attached hydrogens (primary N) is 1. The van der Waals surface area contributed by atoms with Gasteiger partial charge in [-0.15, -0.1) is 0 Å². The second-order valence-electron chi connectivity index (χ2n) is 17.7. The molecule has 1 aromatic carbocycles. The van der Waals surface area contributed by atoms with E-state index < -0.39 is 0 Å². The van der Waals surface area contributed by atoms with Crippen LogP contribution < -0.4 is 5.73 Å². The molecule has 13 unspecified atom stereocenters. The van der Waals surface area contributed by atoms with Crippen molar-refractivity contribution in [3.05, 3.63) is 69.8 Å². The monoisotopic (exact) mass is 672 g/mol. The molecule has 2 N–H and O–H groups in total. The number of benzene rings is 1. The van der Waals surface area contributed by atoms with E-state index >= 15 is 0 Å². The van der Waals surface area contributed by atoms with Crippen LogP contribution in [-0.2, 0) is 6.42 Å². The molecule has 0 heterocycles. The molecular weight excluding hydrogens is 591 g/mol. The van der Waals surface area contributed by atoms with Gasteiger partial charge in [0.25, 0.3) is 0 Å². The zero-order valence-corrected chi connectivity index (χ0v) is 34.9. The molecule has 1 nitrogen and oxygen atoms in total. The van der Waals surface area contributed by atoms with Crippen molar-refractivity contribution in [3.8, 4) is 0 Å². The Labute approximate surface area is 306 Å². The molecule has 2 saturated carbocycles. The van der Waals surface area contributed by atoms with E-state index in [1.165, 1.54) is 56.9 Å². The summed E-state index contributed by atoms with van der Waals surface area (Å²) >= 11 is 0. The molecule has 3 rings (SSSR count). The highest BCUT2D eigenvalue weighted by Crippen LogP contribution is 2.54. The van der Waals surface area contributed by atoms with Crippen molar-refractivity contribution >= 4 is 0 Å². The van der Waals surface area contributed by atoms with Gasteiger partial charge in [0.05, 0.1) is 0 Å². The number of rotatable bonds is 19. The molecule has 1 aromatic rings. The molecule has 0 spiro atoms. The Morgan fingerprint density at radius 3 is 1.92 bits per heavy atom. The Morgan fingerprint density at radius 1 is 0.755 bits per heavy atom. The normalized spacial score (nSPS) is 31.4. The lowest BCUT2D eigenvalue weighted by atomic mass is 9.53. The molecule has 0 amide bonds. The van der Waals surface area contributed by atoms with Crippen LogP contribution in [0, 0.1) is 71.0 Å². The summed E-state index contributed by atoms with van der Waals surface area (Å²) in [4.78, 5) is 0. The van der Waals surface area contributed by atoms with Gasteiger partial charge in [-0.1, -0.05) is 147 Å². The Balaban J connectivity index is 1.89. The molecular formula is C48H81N. The lowest BCUT2D eigenvalue weighted by Crippen LogP contribution is -2.54. The maximum absolute atomic E-state index is 6.59. The molecule has 2 aliphatic carbocycles. The van der Waals surface area contributed by atoms with Crippen LogP contribution in [0.25, 0.3) is 0 Å². The topological polar surface area (TPSA) is 26.0 Å². The van der Waals surface area contributed by atoms with E-state index in [9.17, 15) is 0 Å². The zero-order chi connectivity index (χ0) is 36.6.